The van der Waals surface area contributed by atoms with Crippen molar-refractivity contribution >= 4 is 5.90 Å². The Hall–Kier alpha value is -1.55. The monoisotopic (exact) mass is 248 g/mol. The molecule has 4 heteroatoms. The lowest BCUT2D eigenvalue weighted by atomic mass is 10.1. The fourth-order valence-electron chi connectivity index (χ4n) is 1.98. The number of hydrogen-bond acceptors (Lipinski definition) is 4. The van der Waals surface area contributed by atoms with E-state index in [2.05, 4.69) is 4.99 Å². The summed E-state index contributed by atoms with van der Waals surface area (Å²) in [4.78, 5) is 4.43. The second-order valence-corrected chi connectivity index (χ2v) is 4.43. The van der Waals surface area contributed by atoms with E-state index in [9.17, 15) is 0 Å². The number of aliphatic imine (C=N–C) groups is 1. The van der Waals surface area contributed by atoms with Gasteiger partial charge in [0.25, 0.3) is 0 Å². The molecule has 0 fully saturated rings. The zero-order valence-electron chi connectivity index (χ0n) is 10.8. The number of ether oxygens (including phenoxy) is 2. The molecule has 0 radical (unpaired) electrons. The Kier molecular flexibility index (Phi) is 4.59. The van der Waals surface area contributed by atoms with Crippen molar-refractivity contribution in [2.75, 3.05) is 20.2 Å². The number of hydrogen-bond donors (Lipinski definition) is 1. The average molecular weight is 248 g/mol. The van der Waals surface area contributed by atoms with Crippen LogP contribution in [0.25, 0.3) is 0 Å². The van der Waals surface area contributed by atoms with Crippen molar-refractivity contribution in [2.24, 2.45) is 10.7 Å². The Bertz CT molecular complexity index is 401. The summed E-state index contributed by atoms with van der Waals surface area (Å²) < 4.78 is 10.9. The first-order valence-electron chi connectivity index (χ1n) is 6.35. The fourth-order valence-corrected chi connectivity index (χ4v) is 1.98. The van der Waals surface area contributed by atoms with Crippen molar-refractivity contribution in [2.45, 2.75) is 25.4 Å². The smallest absolute Gasteiger partial charge is 0.188 e. The van der Waals surface area contributed by atoms with Crippen LogP contribution in [-0.4, -0.2) is 32.2 Å². The molecule has 1 unspecified atom stereocenters. The maximum absolute atomic E-state index is 5.79. The quantitative estimate of drug-likeness (QED) is 0.834. The van der Waals surface area contributed by atoms with E-state index >= 15 is 0 Å². The van der Waals surface area contributed by atoms with Crippen LogP contribution in [0.1, 0.15) is 18.4 Å². The summed E-state index contributed by atoms with van der Waals surface area (Å²) in [5, 5.41) is 0. The van der Waals surface area contributed by atoms with Crippen LogP contribution in [0, 0.1) is 0 Å². The number of methoxy groups -OCH3 is 1. The number of nitrogens with zero attached hydrogens (tertiary/aromatic N) is 1. The first-order valence-corrected chi connectivity index (χ1v) is 6.35. The third-order valence-electron chi connectivity index (χ3n) is 3.02. The minimum atomic E-state index is 0.224. The molecule has 1 aliphatic heterocycles. The predicted molar refractivity (Wildman–Crippen MR) is 72.2 cm³/mol. The average Bonchev–Trinajstić information content (AvgIpc) is 2.85. The van der Waals surface area contributed by atoms with Gasteiger partial charge in [-0.3, -0.25) is 4.99 Å². The lowest BCUT2D eigenvalue weighted by Crippen LogP contribution is -2.15. The molecule has 4 nitrogen and oxygen atoms in total. The molecule has 0 saturated carbocycles. The van der Waals surface area contributed by atoms with Crippen molar-refractivity contribution in [3.63, 3.8) is 0 Å². The van der Waals surface area contributed by atoms with E-state index in [1.165, 1.54) is 5.56 Å². The van der Waals surface area contributed by atoms with Crippen molar-refractivity contribution in [1.29, 1.82) is 0 Å². The summed E-state index contributed by atoms with van der Waals surface area (Å²) in [5.74, 6) is 1.70. The number of benzene rings is 1. The molecule has 98 valence electrons. The highest BCUT2D eigenvalue weighted by Crippen LogP contribution is 2.16. The van der Waals surface area contributed by atoms with Gasteiger partial charge in [0, 0.05) is 6.42 Å². The topological polar surface area (TPSA) is 56.8 Å². The highest BCUT2D eigenvalue weighted by Gasteiger charge is 2.19. The van der Waals surface area contributed by atoms with Gasteiger partial charge in [-0.2, -0.15) is 0 Å². The summed E-state index contributed by atoms with van der Waals surface area (Å²) in [6, 6.07) is 7.99. The van der Waals surface area contributed by atoms with Gasteiger partial charge in [0.2, 0.25) is 0 Å². The molecule has 0 bridgehead atoms. The van der Waals surface area contributed by atoms with Crippen LogP contribution < -0.4 is 10.5 Å². The van der Waals surface area contributed by atoms with Gasteiger partial charge in [0.15, 0.2) is 5.90 Å². The first-order chi connectivity index (χ1) is 8.81. The van der Waals surface area contributed by atoms with Gasteiger partial charge in [-0.25, -0.2) is 0 Å². The molecule has 18 heavy (non-hydrogen) atoms. The molecule has 0 aliphatic carbocycles. The SMILES string of the molecule is COc1ccc(CC2=NCC(CCCN)O2)cc1. The molecule has 0 aromatic heterocycles. The third-order valence-corrected chi connectivity index (χ3v) is 3.02. The van der Waals surface area contributed by atoms with E-state index in [0.717, 1.165) is 37.5 Å². The zero-order valence-corrected chi connectivity index (χ0v) is 10.8. The highest BCUT2D eigenvalue weighted by atomic mass is 16.5. The summed E-state index contributed by atoms with van der Waals surface area (Å²) in [6.07, 6.45) is 2.97. The molecule has 2 rings (SSSR count). The lowest BCUT2D eigenvalue weighted by molar-refractivity contribution is 0.207. The number of rotatable bonds is 6. The Balaban J connectivity index is 1.83. The minimum Gasteiger partial charge on any atom is -0.497 e. The molecule has 1 aliphatic rings. The van der Waals surface area contributed by atoms with Gasteiger partial charge in [-0.1, -0.05) is 12.1 Å². The summed E-state index contributed by atoms with van der Waals surface area (Å²) in [6.45, 7) is 1.49. The molecule has 1 heterocycles. The lowest BCUT2D eigenvalue weighted by Gasteiger charge is -2.10. The molecule has 1 aromatic rings. The van der Waals surface area contributed by atoms with Crippen LogP contribution in [0.15, 0.2) is 29.3 Å². The van der Waals surface area contributed by atoms with Gasteiger partial charge < -0.3 is 15.2 Å². The van der Waals surface area contributed by atoms with Crippen molar-refractivity contribution in [3.05, 3.63) is 29.8 Å². The molecule has 1 atom stereocenters. The van der Waals surface area contributed by atoms with E-state index in [4.69, 9.17) is 15.2 Å². The molecular weight excluding hydrogens is 228 g/mol. The van der Waals surface area contributed by atoms with Crippen LogP contribution >= 0.6 is 0 Å². The van der Waals surface area contributed by atoms with Crippen LogP contribution in [-0.2, 0) is 11.2 Å². The molecule has 2 N–H and O–H groups in total. The first kappa shape index (κ1) is 12.9. The molecule has 0 amide bonds. The van der Waals surface area contributed by atoms with Crippen molar-refractivity contribution < 1.29 is 9.47 Å². The Morgan fingerprint density at radius 3 is 2.83 bits per heavy atom. The Morgan fingerprint density at radius 2 is 2.17 bits per heavy atom. The van der Waals surface area contributed by atoms with Crippen molar-refractivity contribution in [3.8, 4) is 5.75 Å². The van der Waals surface area contributed by atoms with E-state index in [-0.39, 0.29) is 6.10 Å². The molecule has 0 saturated heterocycles. The Morgan fingerprint density at radius 1 is 1.39 bits per heavy atom. The van der Waals surface area contributed by atoms with Gasteiger partial charge in [-0.15, -0.1) is 0 Å². The van der Waals surface area contributed by atoms with E-state index in [1.807, 2.05) is 24.3 Å². The maximum Gasteiger partial charge on any atom is 0.188 e. The standard InChI is InChI=1S/C14H20N2O2/c1-17-12-6-4-11(5-7-12)9-14-16-10-13(18-14)3-2-8-15/h4-7,13H,2-3,8-10,15H2,1H3. The summed E-state index contributed by atoms with van der Waals surface area (Å²) in [5.41, 5.74) is 6.68. The fraction of sp³-hybridized carbons (Fsp3) is 0.500. The molecule has 0 spiro atoms. The third kappa shape index (κ3) is 3.47. The summed E-state index contributed by atoms with van der Waals surface area (Å²) in [7, 11) is 1.67. The van der Waals surface area contributed by atoms with Gasteiger partial charge in [0.1, 0.15) is 11.9 Å². The van der Waals surface area contributed by atoms with Gasteiger partial charge >= 0.3 is 0 Å². The van der Waals surface area contributed by atoms with E-state index < -0.39 is 0 Å². The van der Waals surface area contributed by atoms with E-state index in [1.54, 1.807) is 7.11 Å². The van der Waals surface area contributed by atoms with Crippen LogP contribution in [0.4, 0.5) is 0 Å². The van der Waals surface area contributed by atoms with Crippen LogP contribution in [0.2, 0.25) is 0 Å². The van der Waals surface area contributed by atoms with Crippen molar-refractivity contribution in [1.82, 2.24) is 0 Å². The Labute approximate surface area is 108 Å². The second-order valence-electron chi connectivity index (χ2n) is 4.43. The normalized spacial score (nSPS) is 18.3. The van der Waals surface area contributed by atoms with Gasteiger partial charge in [-0.05, 0) is 37.1 Å². The summed E-state index contributed by atoms with van der Waals surface area (Å²) >= 11 is 0. The second kappa shape index (κ2) is 6.40. The van der Waals surface area contributed by atoms with E-state index in [0.29, 0.717) is 6.54 Å². The maximum atomic E-state index is 5.79. The number of nitrogens with two attached hydrogens (primary N) is 1. The van der Waals surface area contributed by atoms with Crippen LogP contribution in [0.3, 0.4) is 0 Å². The van der Waals surface area contributed by atoms with Crippen LogP contribution in [0.5, 0.6) is 5.75 Å². The predicted octanol–water partition coefficient (Wildman–Crippen LogP) is 1.77. The van der Waals surface area contributed by atoms with Gasteiger partial charge in [0.05, 0.1) is 13.7 Å². The molecular formula is C14H20N2O2. The minimum absolute atomic E-state index is 0.224. The largest absolute Gasteiger partial charge is 0.497 e. The molecule has 1 aromatic carbocycles. The highest BCUT2D eigenvalue weighted by molar-refractivity contribution is 5.80. The zero-order chi connectivity index (χ0) is 12.8.